The van der Waals surface area contributed by atoms with Crippen molar-refractivity contribution in [3.63, 3.8) is 0 Å². The van der Waals surface area contributed by atoms with Crippen molar-refractivity contribution < 1.29 is 23.8 Å². The van der Waals surface area contributed by atoms with Crippen LogP contribution < -0.4 is 20.2 Å². The van der Waals surface area contributed by atoms with Crippen LogP contribution in [-0.2, 0) is 16.0 Å². The van der Waals surface area contributed by atoms with Crippen LogP contribution in [0.4, 0.5) is 4.79 Å². The van der Waals surface area contributed by atoms with Crippen LogP contribution in [-0.4, -0.2) is 45.1 Å². The molecule has 8 heteroatoms. The normalized spacial score (nSPS) is 11.6. The highest BCUT2D eigenvalue weighted by Crippen LogP contribution is 2.22. The molecule has 8 nitrogen and oxygen atoms in total. The molecule has 0 aliphatic heterocycles. The van der Waals surface area contributed by atoms with Gasteiger partial charge in [-0.2, -0.15) is 5.10 Å². The van der Waals surface area contributed by atoms with Crippen molar-refractivity contribution in [2.75, 3.05) is 20.8 Å². The van der Waals surface area contributed by atoms with Crippen LogP contribution in [0, 0.1) is 0 Å². The zero-order valence-corrected chi connectivity index (χ0v) is 16.7. The van der Waals surface area contributed by atoms with Crippen molar-refractivity contribution >= 4 is 18.2 Å². The van der Waals surface area contributed by atoms with Crippen molar-refractivity contribution in [3.8, 4) is 11.5 Å². The maximum atomic E-state index is 12.6. The number of carbonyl (C=O) groups excluding carboxylic acids is 2. The van der Waals surface area contributed by atoms with E-state index in [1.807, 2.05) is 30.3 Å². The summed E-state index contributed by atoms with van der Waals surface area (Å²) in [5.74, 6) is 0.735. The monoisotopic (exact) mass is 399 g/mol. The van der Waals surface area contributed by atoms with Crippen molar-refractivity contribution in [1.29, 1.82) is 0 Å². The number of carbonyl (C=O) groups is 2. The van der Waals surface area contributed by atoms with Crippen LogP contribution in [0.3, 0.4) is 0 Å². The van der Waals surface area contributed by atoms with Crippen LogP contribution in [0.25, 0.3) is 0 Å². The van der Waals surface area contributed by atoms with E-state index in [2.05, 4.69) is 15.8 Å². The van der Waals surface area contributed by atoms with Gasteiger partial charge in [0.25, 0.3) is 5.91 Å². The molecule has 0 aliphatic rings. The Hall–Kier alpha value is -3.55. The number of hydrazone groups is 1. The Morgan fingerprint density at radius 2 is 1.86 bits per heavy atom. The van der Waals surface area contributed by atoms with Crippen LogP contribution >= 0.6 is 0 Å². The third kappa shape index (κ3) is 6.84. The molecule has 0 fully saturated rings. The number of rotatable bonds is 9. The smallest absolute Gasteiger partial charge is 0.407 e. The second-order valence-electron chi connectivity index (χ2n) is 5.95. The van der Waals surface area contributed by atoms with E-state index in [4.69, 9.17) is 14.2 Å². The summed E-state index contributed by atoms with van der Waals surface area (Å²) in [6, 6.07) is 13.7. The molecule has 0 radical (unpaired) electrons. The number of amides is 2. The van der Waals surface area contributed by atoms with E-state index in [9.17, 15) is 9.59 Å². The van der Waals surface area contributed by atoms with E-state index in [-0.39, 0.29) is 6.61 Å². The van der Waals surface area contributed by atoms with Gasteiger partial charge < -0.3 is 19.5 Å². The van der Waals surface area contributed by atoms with Crippen LogP contribution in [0.15, 0.2) is 53.6 Å². The molecule has 0 spiro atoms. The molecule has 2 aromatic carbocycles. The first kappa shape index (κ1) is 21.7. The second-order valence-corrected chi connectivity index (χ2v) is 5.95. The number of hydrogen-bond acceptors (Lipinski definition) is 6. The fourth-order valence-electron chi connectivity index (χ4n) is 2.56. The summed E-state index contributed by atoms with van der Waals surface area (Å²) in [4.78, 5) is 24.4. The largest absolute Gasteiger partial charge is 0.497 e. The lowest BCUT2D eigenvalue weighted by atomic mass is 10.1. The number of hydrogen-bond donors (Lipinski definition) is 2. The second kappa shape index (κ2) is 11.3. The van der Waals surface area contributed by atoms with Gasteiger partial charge in [-0.3, -0.25) is 4.79 Å². The van der Waals surface area contributed by atoms with Gasteiger partial charge in [0.05, 0.1) is 27.0 Å². The molecule has 1 atom stereocenters. The van der Waals surface area contributed by atoms with E-state index in [1.165, 1.54) is 13.3 Å². The summed E-state index contributed by atoms with van der Waals surface area (Å²) in [6.07, 6.45) is 1.08. The maximum absolute atomic E-state index is 12.6. The number of nitrogens with zero attached hydrogens (tertiary/aromatic N) is 1. The highest BCUT2D eigenvalue weighted by atomic mass is 16.5. The van der Waals surface area contributed by atoms with Gasteiger partial charge in [-0.1, -0.05) is 30.3 Å². The van der Waals surface area contributed by atoms with Crippen LogP contribution in [0.5, 0.6) is 11.5 Å². The fraction of sp³-hybridized carbons (Fsp3) is 0.286. The molecular formula is C21H25N3O5. The van der Waals surface area contributed by atoms with E-state index in [0.717, 1.165) is 5.56 Å². The first-order valence-corrected chi connectivity index (χ1v) is 9.09. The van der Waals surface area contributed by atoms with Gasteiger partial charge in [0.2, 0.25) is 0 Å². The molecule has 0 aromatic heterocycles. The van der Waals surface area contributed by atoms with E-state index >= 15 is 0 Å². The van der Waals surface area contributed by atoms with Gasteiger partial charge in [-0.15, -0.1) is 0 Å². The highest BCUT2D eigenvalue weighted by molar-refractivity contribution is 5.88. The summed E-state index contributed by atoms with van der Waals surface area (Å²) in [7, 11) is 3.09. The van der Waals surface area contributed by atoms with Gasteiger partial charge in [0, 0.05) is 12.0 Å². The van der Waals surface area contributed by atoms with Gasteiger partial charge in [0.1, 0.15) is 17.5 Å². The van der Waals surface area contributed by atoms with Gasteiger partial charge in [-0.05, 0) is 30.7 Å². The molecule has 0 heterocycles. The molecule has 0 saturated heterocycles. The molecule has 0 unspecified atom stereocenters. The summed E-state index contributed by atoms with van der Waals surface area (Å²) in [5.41, 5.74) is 3.97. The van der Waals surface area contributed by atoms with E-state index in [1.54, 1.807) is 32.2 Å². The molecule has 0 aliphatic carbocycles. The lowest BCUT2D eigenvalue weighted by Gasteiger charge is -2.17. The topological polar surface area (TPSA) is 98.2 Å². The van der Waals surface area contributed by atoms with Crippen molar-refractivity contribution in [1.82, 2.24) is 10.7 Å². The molecule has 2 amide bonds. The molecular weight excluding hydrogens is 374 g/mol. The highest BCUT2D eigenvalue weighted by Gasteiger charge is 2.21. The number of nitrogens with one attached hydrogen (secondary N) is 2. The third-order valence-corrected chi connectivity index (χ3v) is 3.98. The number of ether oxygens (including phenoxy) is 3. The number of alkyl carbamates (subject to hydrolysis) is 1. The Balaban J connectivity index is 2.10. The van der Waals surface area contributed by atoms with Gasteiger partial charge >= 0.3 is 6.09 Å². The zero-order valence-electron chi connectivity index (χ0n) is 16.7. The molecule has 29 heavy (non-hydrogen) atoms. The SMILES string of the molecule is CCOC(=O)N[C@H](Cc1ccccc1)C(=O)N/N=C\c1cc(OC)ccc1OC. The third-order valence-electron chi connectivity index (χ3n) is 3.98. The minimum Gasteiger partial charge on any atom is -0.497 e. The Morgan fingerprint density at radius 3 is 2.52 bits per heavy atom. The predicted octanol–water partition coefficient (Wildman–Crippen LogP) is 2.51. The average molecular weight is 399 g/mol. The van der Waals surface area contributed by atoms with Crippen LogP contribution in [0.2, 0.25) is 0 Å². The van der Waals surface area contributed by atoms with Crippen LogP contribution in [0.1, 0.15) is 18.1 Å². The van der Waals surface area contributed by atoms with E-state index < -0.39 is 18.0 Å². The lowest BCUT2D eigenvalue weighted by Crippen LogP contribution is -2.47. The first-order valence-electron chi connectivity index (χ1n) is 9.09. The molecule has 154 valence electrons. The molecule has 0 saturated carbocycles. The Labute approximate surface area is 169 Å². The van der Waals surface area contributed by atoms with Crippen molar-refractivity contribution in [3.05, 3.63) is 59.7 Å². The van der Waals surface area contributed by atoms with Gasteiger partial charge in [0.15, 0.2) is 0 Å². The summed E-state index contributed by atoms with van der Waals surface area (Å²) < 4.78 is 15.4. The zero-order chi connectivity index (χ0) is 21.1. The summed E-state index contributed by atoms with van der Waals surface area (Å²) in [5, 5.41) is 6.55. The Bertz CT molecular complexity index is 839. The first-order chi connectivity index (χ1) is 14.1. The average Bonchev–Trinajstić information content (AvgIpc) is 2.74. The summed E-state index contributed by atoms with van der Waals surface area (Å²) >= 11 is 0. The fourth-order valence-corrected chi connectivity index (χ4v) is 2.56. The molecule has 2 rings (SSSR count). The lowest BCUT2D eigenvalue weighted by molar-refractivity contribution is -0.123. The Morgan fingerprint density at radius 1 is 1.10 bits per heavy atom. The minimum atomic E-state index is -0.846. The Kier molecular flexibility index (Phi) is 8.50. The maximum Gasteiger partial charge on any atom is 0.407 e. The number of methoxy groups -OCH3 is 2. The van der Waals surface area contributed by atoms with E-state index in [0.29, 0.717) is 23.5 Å². The van der Waals surface area contributed by atoms with Crippen molar-refractivity contribution in [2.45, 2.75) is 19.4 Å². The summed E-state index contributed by atoms with van der Waals surface area (Å²) in [6.45, 7) is 1.90. The predicted molar refractivity (Wildman–Crippen MR) is 109 cm³/mol. The standard InChI is InChI=1S/C21H25N3O5/c1-4-29-21(26)23-18(12-15-8-6-5-7-9-15)20(25)24-22-14-16-13-17(27-2)10-11-19(16)28-3/h5-11,13-14,18H,4,12H2,1-3H3,(H,23,26)(H,24,25)/b22-14-/t18-/m1/s1. The van der Waals surface area contributed by atoms with Gasteiger partial charge in [-0.25, -0.2) is 10.2 Å². The quantitative estimate of drug-likeness (QED) is 0.499. The van der Waals surface area contributed by atoms with Crippen molar-refractivity contribution in [2.24, 2.45) is 5.10 Å². The molecule has 2 N–H and O–H groups in total. The minimum absolute atomic E-state index is 0.208. The molecule has 0 bridgehead atoms. The molecule has 2 aromatic rings. The number of benzene rings is 2.